The van der Waals surface area contributed by atoms with Crippen molar-refractivity contribution in [2.24, 2.45) is 10.8 Å². The van der Waals surface area contributed by atoms with Gasteiger partial charge < -0.3 is 9.42 Å². The fraction of sp³-hybridized carbons (Fsp3) is 1.00. The molecule has 0 amide bonds. The molecule has 0 saturated heterocycles. The Morgan fingerprint density at radius 3 is 1.57 bits per heavy atom. The maximum atomic E-state index is 10.6. The van der Waals surface area contributed by atoms with Gasteiger partial charge in [-0.25, -0.2) is 0 Å². The predicted octanol–water partition coefficient (Wildman–Crippen LogP) is 6.38. The van der Waals surface area contributed by atoms with E-state index in [2.05, 4.69) is 55.4 Å². The third-order valence-corrected chi connectivity index (χ3v) is 7.52. The summed E-state index contributed by atoms with van der Waals surface area (Å²) in [6, 6.07) is 0. The predicted molar refractivity (Wildman–Crippen MR) is 101 cm³/mol. The fourth-order valence-corrected chi connectivity index (χ4v) is 10.3. The zero-order valence-corrected chi connectivity index (χ0v) is 18.1. The molecular weight excluding hydrogens is 319 g/mol. The molecule has 0 saturated carbocycles. The van der Waals surface area contributed by atoms with Gasteiger partial charge in [0.05, 0.1) is 5.60 Å². The summed E-state index contributed by atoms with van der Waals surface area (Å²) in [5.41, 5.74) is -2.92. The Morgan fingerprint density at radius 1 is 0.857 bits per heavy atom. The highest BCUT2D eigenvalue weighted by atomic mass is 32.9. The molecule has 1 unspecified atom stereocenters. The van der Waals surface area contributed by atoms with Crippen molar-refractivity contribution in [2.45, 2.75) is 92.4 Å². The van der Waals surface area contributed by atoms with Gasteiger partial charge in [0.25, 0.3) is 0 Å². The van der Waals surface area contributed by atoms with Crippen LogP contribution in [0.25, 0.3) is 0 Å². The molecular formula is C16H35O2PS2. The Kier molecular flexibility index (Phi) is 7.11. The quantitative estimate of drug-likeness (QED) is 0.560. The second-order valence-corrected chi connectivity index (χ2v) is 16.3. The monoisotopic (exact) mass is 354 g/mol. The molecule has 0 heterocycles. The van der Waals surface area contributed by atoms with Gasteiger partial charge in [-0.3, -0.25) is 0 Å². The maximum Gasteiger partial charge on any atom is 0.245 e. The molecule has 0 aromatic carbocycles. The molecule has 0 fully saturated rings. The van der Waals surface area contributed by atoms with Crippen molar-refractivity contribution >= 4 is 28.9 Å². The Balaban J connectivity index is 4.88. The minimum absolute atomic E-state index is 0.0969. The van der Waals surface area contributed by atoms with Crippen LogP contribution in [0.5, 0.6) is 0 Å². The summed E-state index contributed by atoms with van der Waals surface area (Å²) in [5.74, 6) is 0. The summed E-state index contributed by atoms with van der Waals surface area (Å²) in [6.07, 6.45) is 1.84. The van der Waals surface area contributed by atoms with Gasteiger partial charge in [0.2, 0.25) is 5.69 Å². The van der Waals surface area contributed by atoms with E-state index in [-0.39, 0.29) is 15.6 Å². The fourth-order valence-electron chi connectivity index (χ4n) is 3.26. The van der Waals surface area contributed by atoms with Gasteiger partial charge in [-0.05, 0) is 49.3 Å². The van der Waals surface area contributed by atoms with Crippen molar-refractivity contribution in [3.8, 4) is 0 Å². The highest BCUT2D eigenvalue weighted by Gasteiger charge is 2.37. The van der Waals surface area contributed by atoms with Crippen LogP contribution in [0.2, 0.25) is 0 Å². The lowest BCUT2D eigenvalue weighted by Crippen LogP contribution is -2.30. The third-order valence-electron chi connectivity index (χ3n) is 2.64. The largest absolute Gasteiger partial charge is 0.337 e. The van der Waals surface area contributed by atoms with Gasteiger partial charge in [-0.2, -0.15) is 0 Å². The second kappa shape index (κ2) is 6.81. The van der Waals surface area contributed by atoms with Crippen molar-refractivity contribution in [1.29, 1.82) is 0 Å². The van der Waals surface area contributed by atoms with Crippen molar-refractivity contribution in [3.05, 3.63) is 0 Å². The number of hydrogen-bond acceptors (Lipinski definition) is 3. The summed E-state index contributed by atoms with van der Waals surface area (Å²) >= 11 is 6.87. The summed E-state index contributed by atoms with van der Waals surface area (Å²) in [6.45, 7) is 21.5. The van der Waals surface area contributed by atoms with E-state index in [1.807, 2.05) is 13.8 Å². The van der Waals surface area contributed by atoms with Gasteiger partial charge >= 0.3 is 0 Å². The van der Waals surface area contributed by atoms with Crippen LogP contribution >= 0.6 is 17.1 Å². The molecule has 1 N–H and O–H groups in total. The molecule has 0 aromatic heterocycles. The number of rotatable bonds is 6. The first-order chi connectivity index (χ1) is 8.83. The van der Waals surface area contributed by atoms with Crippen molar-refractivity contribution < 1.29 is 9.42 Å². The van der Waals surface area contributed by atoms with Crippen molar-refractivity contribution in [2.75, 3.05) is 0 Å². The molecule has 0 aliphatic rings. The Hall–Kier alpha value is 0.920. The molecule has 21 heavy (non-hydrogen) atoms. The van der Waals surface area contributed by atoms with Crippen molar-refractivity contribution in [1.82, 2.24) is 0 Å². The standard InChI is InChI=1S/C16H35O2PS2/c1-13(2,3)11-15(7,8)18-19(17,20)21-16(9,10)12-14(4,5)6/h11-12H2,1-10H3,(H,17,20). The normalized spacial score (nSPS) is 17.7. The maximum absolute atomic E-state index is 10.6. The molecule has 0 aliphatic carbocycles. The summed E-state index contributed by atoms with van der Waals surface area (Å²) < 4.78 is 5.90. The van der Waals surface area contributed by atoms with Crippen LogP contribution in [-0.4, -0.2) is 15.2 Å². The van der Waals surface area contributed by atoms with Crippen LogP contribution < -0.4 is 0 Å². The smallest absolute Gasteiger partial charge is 0.245 e. The van der Waals surface area contributed by atoms with Gasteiger partial charge in [0, 0.05) is 4.75 Å². The summed E-state index contributed by atoms with van der Waals surface area (Å²) in [7, 11) is 0. The van der Waals surface area contributed by atoms with Gasteiger partial charge in [-0.15, -0.1) is 0 Å². The Morgan fingerprint density at radius 2 is 1.24 bits per heavy atom. The van der Waals surface area contributed by atoms with E-state index in [1.165, 1.54) is 11.4 Å². The lowest BCUT2D eigenvalue weighted by molar-refractivity contribution is 0.0675. The molecule has 0 radical (unpaired) electrons. The Labute approximate surface area is 141 Å². The van der Waals surface area contributed by atoms with E-state index in [0.717, 1.165) is 12.8 Å². The second-order valence-electron chi connectivity index (χ2n) is 9.65. The minimum atomic E-state index is -2.86. The van der Waals surface area contributed by atoms with Crippen LogP contribution in [-0.2, 0) is 16.3 Å². The zero-order chi connectivity index (χ0) is 17.3. The van der Waals surface area contributed by atoms with Gasteiger partial charge in [-0.1, -0.05) is 66.8 Å². The first kappa shape index (κ1) is 21.9. The van der Waals surface area contributed by atoms with Crippen LogP contribution in [0.4, 0.5) is 0 Å². The lowest BCUT2D eigenvalue weighted by atomic mass is 9.84. The first-order valence-electron chi connectivity index (χ1n) is 7.57. The van der Waals surface area contributed by atoms with Crippen LogP contribution in [0.3, 0.4) is 0 Å². The van der Waals surface area contributed by atoms with E-state index in [9.17, 15) is 4.89 Å². The SMILES string of the molecule is CC(C)(C)CC(C)(C)OP(O)(=S)SC(C)(C)CC(C)(C)C. The van der Waals surface area contributed by atoms with Crippen LogP contribution in [0.15, 0.2) is 0 Å². The van der Waals surface area contributed by atoms with E-state index in [0.29, 0.717) is 0 Å². The summed E-state index contributed by atoms with van der Waals surface area (Å²) in [4.78, 5) is 10.6. The molecule has 5 heteroatoms. The molecule has 0 aromatic rings. The van der Waals surface area contributed by atoms with E-state index in [4.69, 9.17) is 16.3 Å². The molecule has 0 bridgehead atoms. The van der Waals surface area contributed by atoms with Crippen molar-refractivity contribution in [3.63, 3.8) is 0 Å². The highest BCUT2D eigenvalue weighted by Crippen LogP contribution is 2.65. The first-order valence-corrected chi connectivity index (χ1v) is 11.7. The van der Waals surface area contributed by atoms with Crippen LogP contribution in [0.1, 0.15) is 82.1 Å². The molecule has 1 atom stereocenters. The summed E-state index contributed by atoms with van der Waals surface area (Å²) in [5, 5.41) is 0. The van der Waals surface area contributed by atoms with E-state index >= 15 is 0 Å². The molecule has 2 nitrogen and oxygen atoms in total. The van der Waals surface area contributed by atoms with E-state index in [1.54, 1.807) is 0 Å². The van der Waals surface area contributed by atoms with Gasteiger partial charge in [0.1, 0.15) is 0 Å². The topological polar surface area (TPSA) is 29.5 Å². The minimum Gasteiger partial charge on any atom is -0.337 e. The Bertz CT molecular complexity index is 356. The molecule has 128 valence electrons. The van der Waals surface area contributed by atoms with E-state index < -0.39 is 11.3 Å². The molecule has 0 rings (SSSR count). The zero-order valence-electron chi connectivity index (χ0n) is 15.5. The molecule has 0 spiro atoms. The lowest BCUT2D eigenvalue weighted by Gasteiger charge is -2.38. The van der Waals surface area contributed by atoms with Crippen LogP contribution in [0, 0.1) is 10.8 Å². The van der Waals surface area contributed by atoms with Gasteiger partial charge in [0.15, 0.2) is 0 Å². The average Bonchev–Trinajstić information content (AvgIpc) is 1.83. The highest BCUT2D eigenvalue weighted by molar-refractivity contribution is 8.68. The number of hydrogen-bond donors (Lipinski definition) is 1. The molecule has 0 aliphatic heterocycles. The third kappa shape index (κ3) is 12.1. The average molecular weight is 355 g/mol.